The number of ketones is 1. The second kappa shape index (κ2) is 8.32. The molecule has 0 N–H and O–H groups in total. The van der Waals surface area contributed by atoms with Gasteiger partial charge in [-0.15, -0.1) is 0 Å². The van der Waals surface area contributed by atoms with Crippen LogP contribution >= 0.6 is 11.6 Å². The van der Waals surface area contributed by atoms with E-state index in [-0.39, 0.29) is 18.5 Å². The smallest absolute Gasteiger partial charge is 0.231 e. The van der Waals surface area contributed by atoms with Crippen LogP contribution in [0.2, 0.25) is 5.02 Å². The van der Waals surface area contributed by atoms with Crippen molar-refractivity contribution in [1.29, 1.82) is 0 Å². The monoisotopic (exact) mass is 439 g/mol. The highest BCUT2D eigenvalue weighted by molar-refractivity contribution is 6.33. The van der Waals surface area contributed by atoms with Gasteiger partial charge in [0.05, 0.1) is 16.3 Å². The number of pyridine rings is 1. The number of aromatic nitrogens is 2. The molecule has 1 saturated heterocycles. The summed E-state index contributed by atoms with van der Waals surface area (Å²) in [6.07, 6.45) is 5.18. The summed E-state index contributed by atoms with van der Waals surface area (Å²) in [6.45, 7) is 4.31. The maximum atomic E-state index is 12.8. The molecule has 1 atom stereocenters. The largest absolute Gasteiger partial charge is 0.454 e. The fourth-order valence-electron chi connectivity index (χ4n) is 4.14. The van der Waals surface area contributed by atoms with E-state index in [4.69, 9.17) is 30.5 Å². The summed E-state index contributed by atoms with van der Waals surface area (Å²) in [5.41, 5.74) is 2.19. The lowest BCUT2D eigenvalue weighted by Gasteiger charge is -2.31. The Morgan fingerprint density at radius 3 is 2.94 bits per heavy atom. The molecule has 1 aromatic carbocycles. The van der Waals surface area contributed by atoms with Gasteiger partial charge in [0.2, 0.25) is 12.7 Å². The molecule has 8 heteroatoms. The Morgan fingerprint density at radius 2 is 2.13 bits per heavy atom. The summed E-state index contributed by atoms with van der Waals surface area (Å²) in [5.74, 6) is 2.56. The van der Waals surface area contributed by atoms with Gasteiger partial charge >= 0.3 is 0 Å². The number of likely N-dealkylation sites (tertiary alicyclic amines) is 1. The van der Waals surface area contributed by atoms with Gasteiger partial charge < -0.3 is 13.9 Å². The molecule has 0 amide bonds. The SMILES string of the molecule is Cc1oc(-c2cc3c(cc2Cl)OCO3)nc1CN1CCCC(C(=O)c2cccnc2)C1. The molecule has 5 rings (SSSR count). The molecule has 4 heterocycles. The normalized spacial score (nSPS) is 18.3. The molecular weight excluding hydrogens is 418 g/mol. The summed E-state index contributed by atoms with van der Waals surface area (Å²) in [4.78, 5) is 23.9. The molecule has 3 aromatic rings. The number of nitrogens with zero attached hydrogens (tertiary/aromatic N) is 3. The molecule has 1 unspecified atom stereocenters. The molecule has 0 radical (unpaired) electrons. The van der Waals surface area contributed by atoms with Crippen LogP contribution in [0.25, 0.3) is 11.5 Å². The minimum absolute atomic E-state index is 0.0343. The molecule has 7 nitrogen and oxygen atoms in total. The topological polar surface area (TPSA) is 77.7 Å². The van der Waals surface area contributed by atoms with Gasteiger partial charge in [-0.3, -0.25) is 14.7 Å². The van der Waals surface area contributed by atoms with Gasteiger partial charge in [-0.2, -0.15) is 0 Å². The number of oxazole rings is 1. The third-order valence-electron chi connectivity index (χ3n) is 5.78. The van der Waals surface area contributed by atoms with Gasteiger partial charge in [0, 0.05) is 43.0 Å². The van der Waals surface area contributed by atoms with Gasteiger partial charge in [-0.05, 0) is 44.5 Å². The van der Waals surface area contributed by atoms with Gasteiger partial charge in [0.1, 0.15) is 5.76 Å². The van der Waals surface area contributed by atoms with Crippen molar-refractivity contribution in [3.63, 3.8) is 0 Å². The number of halogens is 1. The molecule has 0 bridgehead atoms. The molecule has 2 aliphatic rings. The highest BCUT2D eigenvalue weighted by Gasteiger charge is 2.28. The predicted molar refractivity (Wildman–Crippen MR) is 114 cm³/mol. The maximum Gasteiger partial charge on any atom is 0.231 e. The van der Waals surface area contributed by atoms with Crippen LogP contribution in [-0.4, -0.2) is 40.5 Å². The first-order valence-corrected chi connectivity index (χ1v) is 10.7. The number of piperidine rings is 1. The van der Waals surface area contributed by atoms with Crippen molar-refractivity contribution in [2.45, 2.75) is 26.3 Å². The quantitative estimate of drug-likeness (QED) is 0.541. The molecular formula is C23H22ClN3O4. The standard InChI is InChI=1S/C23H22ClN3O4/c1-14-19(26-23(31-14)17-8-20-21(9-18(17)24)30-13-29-20)12-27-7-3-5-16(11-27)22(28)15-4-2-6-25-10-15/h2,4,6,8-10,16H,3,5,7,11-13H2,1H3. The summed E-state index contributed by atoms with van der Waals surface area (Å²) < 4.78 is 16.7. The van der Waals surface area contributed by atoms with Crippen molar-refractivity contribution >= 4 is 17.4 Å². The lowest BCUT2D eigenvalue weighted by atomic mass is 9.90. The number of aryl methyl sites for hydroxylation is 1. The first-order chi connectivity index (χ1) is 15.1. The molecule has 160 valence electrons. The average Bonchev–Trinajstić information content (AvgIpc) is 3.39. The number of carbonyl (C=O) groups is 1. The Morgan fingerprint density at radius 1 is 1.29 bits per heavy atom. The van der Waals surface area contributed by atoms with Crippen molar-refractivity contribution in [3.8, 4) is 23.0 Å². The highest BCUT2D eigenvalue weighted by atomic mass is 35.5. The third-order valence-corrected chi connectivity index (χ3v) is 6.09. The minimum atomic E-state index is -0.0343. The van der Waals surface area contributed by atoms with Crippen molar-refractivity contribution < 1.29 is 18.7 Å². The van der Waals surface area contributed by atoms with E-state index in [2.05, 4.69) is 9.88 Å². The summed E-state index contributed by atoms with van der Waals surface area (Å²) in [6, 6.07) is 7.15. The van der Waals surface area contributed by atoms with Crippen LogP contribution in [0.1, 0.15) is 34.7 Å². The van der Waals surface area contributed by atoms with Crippen LogP contribution in [0.15, 0.2) is 41.1 Å². The molecule has 1 fully saturated rings. The fraction of sp³-hybridized carbons (Fsp3) is 0.348. The van der Waals surface area contributed by atoms with Crippen LogP contribution < -0.4 is 9.47 Å². The molecule has 2 aliphatic heterocycles. The Bertz CT molecular complexity index is 1120. The van der Waals surface area contributed by atoms with Crippen LogP contribution in [0, 0.1) is 12.8 Å². The van der Waals surface area contributed by atoms with E-state index < -0.39 is 0 Å². The van der Waals surface area contributed by atoms with Crippen molar-refractivity contribution in [3.05, 3.63) is 58.7 Å². The third kappa shape index (κ3) is 4.03. The van der Waals surface area contributed by atoms with Crippen molar-refractivity contribution in [1.82, 2.24) is 14.9 Å². The minimum Gasteiger partial charge on any atom is -0.454 e. The summed E-state index contributed by atoms with van der Waals surface area (Å²) in [5, 5.41) is 0.497. The van der Waals surface area contributed by atoms with Crippen LogP contribution in [0.4, 0.5) is 0 Å². The highest BCUT2D eigenvalue weighted by Crippen LogP contribution is 2.41. The van der Waals surface area contributed by atoms with Gasteiger partial charge in [0.25, 0.3) is 0 Å². The Labute approximate surface area is 185 Å². The Balaban J connectivity index is 1.32. The Hall–Kier alpha value is -2.90. The summed E-state index contributed by atoms with van der Waals surface area (Å²) >= 11 is 6.42. The van der Waals surface area contributed by atoms with Gasteiger partial charge in [-0.1, -0.05) is 11.6 Å². The zero-order valence-corrected chi connectivity index (χ0v) is 17.9. The van der Waals surface area contributed by atoms with Crippen molar-refractivity contribution in [2.24, 2.45) is 5.92 Å². The van der Waals surface area contributed by atoms with Crippen LogP contribution in [0.3, 0.4) is 0 Å². The molecule has 0 saturated carbocycles. The zero-order valence-electron chi connectivity index (χ0n) is 17.1. The lowest BCUT2D eigenvalue weighted by molar-refractivity contribution is 0.0809. The number of Topliss-reactive ketones (excluding diaryl/α,β-unsaturated/α-hetero) is 1. The predicted octanol–water partition coefficient (Wildman–Crippen LogP) is 4.52. The molecule has 31 heavy (non-hydrogen) atoms. The van der Waals surface area contributed by atoms with Crippen LogP contribution in [-0.2, 0) is 6.54 Å². The number of rotatable bonds is 5. The first-order valence-electron chi connectivity index (χ1n) is 10.3. The van der Waals surface area contributed by atoms with E-state index in [1.807, 2.05) is 13.0 Å². The fourth-order valence-corrected chi connectivity index (χ4v) is 4.37. The lowest BCUT2D eigenvalue weighted by Crippen LogP contribution is -2.38. The van der Waals surface area contributed by atoms with E-state index in [1.54, 1.807) is 30.6 Å². The van der Waals surface area contributed by atoms with Gasteiger partial charge in [0.15, 0.2) is 17.3 Å². The van der Waals surface area contributed by atoms with Gasteiger partial charge in [-0.25, -0.2) is 4.98 Å². The second-order valence-electron chi connectivity index (χ2n) is 7.89. The number of carbonyl (C=O) groups excluding carboxylic acids is 1. The second-order valence-corrected chi connectivity index (χ2v) is 8.29. The Kier molecular flexibility index (Phi) is 5.38. The van der Waals surface area contributed by atoms with E-state index in [0.29, 0.717) is 46.6 Å². The number of fused-ring (bicyclic) bond motifs is 1. The zero-order chi connectivity index (χ0) is 21.4. The van der Waals surface area contributed by atoms with Crippen LogP contribution in [0.5, 0.6) is 11.5 Å². The van der Waals surface area contributed by atoms with E-state index in [1.165, 1.54) is 0 Å². The number of hydrogen-bond acceptors (Lipinski definition) is 7. The maximum absolute atomic E-state index is 12.8. The van der Waals surface area contributed by atoms with E-state index >= 15 is 0 Å². The average molecular weight is 440 g/mol. The van der Waals surface area contributed by atoms with E-state index in [0.717, 1.165) is 30.8 Å². The number of ether oxygens (including phenoxy) is 2. The number of benzene rings is 1. The summed E-state index contributed by atoms with van der Waals surface area (Å²) in [7, 11) is 0. The molecule has 0 spiro atoms. The van der Waals surface area contributed by atoms with Crippen molar-refractivity contribution in [2.75, 3.05) is 19.9 Å². The molecule has 2 aromatic heterocycles. The molecule has 0 aliphatic carbocycles. The first kappa shape index (κ1) is 20.0. The number of hydrogen-bond donors (Lipinski definition) is 0. The van der Waals surface area contributed by atoms with E-state index in [9.17, 15) is 4.79 Å².